The smallest absolute Gasteiger partial charge is 0.223 e. The maximum atomic E-state index is 12.5. The fourth-order valence-corrected chi connectivity index (χ4v) is 2.96. The minimum atomic E-state index is -0.00523. The quantitative estimate of drug-likeness (QED) is 0.436. The van der Waals surface area contributed by atoms with Crippen LogP contribution in [0.25, 0.3) is 10.9 Å². The topological polar surface area (TPSA) is 45.8 Å². The number of hydrogen-bond acceptors (Lipinski definition) is 4. The second-order valence-corrected chi connectivity index (χ2v) is 5.67. The van der Waals surface area contributed by atoms with Crippen molar-refractivity contribution in [1.82, 2.24) is 9.97 Å². The lowest BCUT2D eigenvalue weighted by Gasteiger charge is -1.97. The summed E-state index contributed by atoms with van der Waals surface area (Å²) in [4.78, 5) is 20.0. The molecule has 0 aliphatic rings. The van der Waals surface area contributed by atoms with Gasteiger partial charge in [0.05, 0.1) is 11.3 Å². The highest BCUT2D eigenvalue weighted by Crippen LogP contribution is 2.24. The number of thiol groups is 1. The molecule has 0 saturated heterocycles. The van der Waals surface area contributed by atoms with Crippen molar-refractivity contribution < 1.29 is 4.79 Å². The zero-order valence-corrected chi connectivity index (χ0v) is 13.5. The maximum absolute atomic E-state index is 12.5. The van der Waals surface area contributed by atoms with E-state index in [0.717, 1.165) is 16.6 Å². The van der Waals surface area contributed by atoms with Gasteiger partial charge < -0.3 is 4.98 Å². The van der Waals surface area contributed by atoms with Gasteiger partial charge in [-0.05, 0) is 12.0 Å². The molecule has 0 unspecified atom stereocenters. The lowest BCUT2D eigenvalue weighted by Crippen LogP contribution is -2.00. The lowest BCUT2D eigenvalue weighted by molar-refractivity contribution is 0.104. The van der Waals surface area contributed by atoms with Gasteiger partial charge in [0.2, 0.25) is 5.78 Å². The van der Waals surface area contributed by atoms with E-state index in [9.17, 15) is 4.79 Å². The number of hydrogen-bond donors (Lipinski definition) is 2. The number of para-hydroxylation sites is 1. The Morgan fingerprint density at radius 1 is 1.33 bits per heavy atom. The third-order valence-corrected chi connectivity index (χ3v) is 4.00. The summed E-state index contributed by atoms with van der Waals surface area (Å²) in [6.07, 6.45) is 1.77. The molecule has 106 valence electrons. The zero-order valence-electron chi connectivity index (χ0n) is 11.8. The highest BCUT2D eigenvalue weighted by Gasteiger charge is 2.18. The standard InChI is InChI=1S/C15H14N2OS.BHS/c1-9(2)13-8-19-15(17-13)14(18)11-7-16-12-6-4-3-5-10(11)12;1-2/h3-9,16H,1-2H3;2H. The van der Waals surface area contributed by atoms with Crippen LogP contribution < -0.4 is 0 Å². The predicted molar refractivity (Wildman–Crippen MR) is 92.7 cm³/mol. The van der Waals surface area contributed by atoms with Gasteiger partial charge in [-0.2, -0.15) is 0 Å². The number of fused-ring (bicyclic) bond motifs is 1. The molecule has 3 rings (SSSR count). The van der Waals surface area contributed by atoms with Gasteiger partial charge in [0, 0.05) is 22.5 Å². The van der Waals surface area contributed by atoms with Crippen LogP contribution in [0.5, 0.6) is 0 Å². The molecule has 2 heterocycles. The SMILES string of the molecule is CC(C)c1csc(C(=O)c2c[nH]c3ccccc23)n1.[B]S. The minimum Gasteiger partial charge on any atom is -0.360 e. The Bertz CT molecular complexity index is 749. The van der Waals surface area contributed by atoms with E-state index < -0.39 is 0 Å². The highest BCUT2D eigenvalue weighted by atomic mass is 32.1. The van der Waals surface area contributed by atoms with Crippen LogP contribution in [0, 0.1) is 0 Å². The average Bonchev–Trinajstić information content (AvgIpc) is 3.16. The fourth-order valence-electron chi connectivity index (χ4n) is 2.03. The van der Waals surface area contributed by atoms with Crippen molar-refractivity contribution in [3.8, 4) is 0 Å². The van der Waals surface area contributed by atoms with Gasteiger partial charge in [-0.1, -0.05) is 32.0 Å². The number of nitrogens with zero attached hydrogens (tertiary/aromatic N) is 1. The Balaban J connectivity index is 0.000000774. The van der Waals surface area contributed by atoms with Crippen molar-refractivity contribution in [1.29, 1.82) is 0 Å². The number of carbonyl (C=O) groups excluding carboxylic acids is 1. The molecular weight excluding hydrogens is 299 g/mol. The molecule has 3 nitrogen and oxygen atoms in total. The molecule has 0 saturated carbocycles. The number of rotatable bonds is 3. The van der Waals surface area contributed by atoms with Crippen molar-refractivity contribution in [2.24, 2.45) is 0 Å². The summed E-state index contributed by atoms with van der Waals surface area (Å²) in [6.45, 7) is 4.16. The van der Waals surface area contributed by atoms with Crippen LogP contribution >= 0.6 is 23.8 Å². The van der Waals surface area contributed by atoms with Crippen LogP contribution in [0.15, 0.2) is 35.8 Å². The fraction of sp³-hybridized carbons (Fsp3) is 0.200. The molecule has 0 atom stereocenters. The number of nitrogens with one attached hydrogen (secondary N) is 1. The first-order valence-electron chi connectivity index (χ1n) is 6.49. The van der Waals surface area contributed by atoms with Gasteiger partial charge in [0.25, 0.3) is 0 Å². The lowest BCUT2D eigenvalue weighted by atomic mass is 10.1. The number of carbonyl (C=O) groups is 1. The van der Waals surface area contributed by atoms with Gasteiger partial charge >= 0.3 is 0 Å². The molecule has 2 aromatic heterocycles. The van der Waals surface area contributed by atoms with Gasteiger partial charge in [0.1, 0.15) is 0 Å². The summed E-state index contributed by atoms with van der Waals surface area (Å²) in [5.74, 6) is 0.343. The molecular formula is C15H15BN2OS2. The first-order chi connectivity index (χ1) is 10.2. The number of thiazole rings is 1. The summed E-state index contributed by atoms with van der Waals surface area (Å²) in [5.41, 5.74) is 2.65. The summed E-state index contributed by atoms with van der Waals surface area (Å²) in [5, 5.41) is 3.48. The Labute approximate surface area is 134 Å². The number of aromatic nitrogens is 2. The maximum Gasteiger partial charge on any atom is 0.223 e. The van der Waals surface area contributed by atoms with E-state index in [0.29, 0.717) is 16.5 Å². The first-order valence-corrected chi connectivity index (χ1v) is 7.88. The Hall–Kier alpha value is -1.53. The van der Waals surface area contributed by atoms with Crippen LogP contribution in [0.1, 0.15) is 40.8 Å². The second kappa shape index (κ2) is 6.96. The summed E-state index contributed by atoms with van der Waals surface area (Å²) < 4.78 is 0. The Morgan fingerprint density at radius 3 is 2.71 bits per heavy atom. The van der Waals surface area contributed by atoms with E-state index in [1.165, 1.54) is 11.3 Å². The molecule has 21 heavy (non-hydrogen) atoms. The molecule has 6 heteroatoms. The van der Waals surface area contributed by atoms with Crippen LogP contribution in [-0.4, -0.2) is 22.9 Å². The monoisotopic (exact) mass is 314 g/mol. The Kier molecular flexibility index (Phi) is 5.25. The van der Waals surface area contributed by atoms with E-state index in [4.69, 9.17) is 0 Å². The van der Waals surface area contributed by atoms with Gasteiger partial charge in [-0.3, -0.25) is 4.79 Å². The summed E-state index contributed by atoms with van der Waals surface area (Å²) in [7, 11) is 4.19. The Morgan fingerprint density at radius 2 is 2.05 bits per heavy atom. The average molecular weight is 314 g/mol. The van der Waals surface area contributed by atoms with Crippen molar-refractivity contribution >= 4 is 47.6 Å². The number of benzene rings is 1. The van der Waals surface area contributed by atoms with Gasteiger partial charge in [0.15, 0.2) is 12.1 Å². The molecule has 2 radical (unpaired) electrons. The van der Waals surface area contributed by atoms with Gasteiger partial charge in [-0.25, -0.2) is 17.5 Å². The van der Waals surface area contributed by atoms with Crippen LogP contribution in [0.2, 0.25) is 0 Å². The molecule has 0 fully saturated rings. The van der Waals surface area contributed by atoms with Crippen LogP contribution in [0.3, 0.4) is 0 Å². The number of ketones is 1. The zero-order chi connectivity index (χ0) is 15.4. The van der Waals surface area contributed by atoms with E-state index in [1.54, 1.807) is 6.20 Å². The molecule has 0 bridgehead atoms. The van der Waals surface area contributed by atoms with Crippen LogP contribution in [-0.2, 0) is 0 Å². The van der Waals surface area contributed by atoms with Crippen LogP contribution in [0.4, 0.5) is 0 Å². The highest BCUT2D eigenvalue weighted by molar-refractivity contribution is 8.03. The summed E-state index contributed by atoms with van der Waals surface area (Å²) in [6, 6.07) is 7.81. The summed E-state index contributed by atoms with van der Waals surface area (Å²) >= 11 is 4.45. The molecule has 0 spiro atoms. The molecule has 3 aromatic rings. The molecule has 1 N–H and O–H groups in total. The van der Waals surface area contributed by atoms with Gasteiger partial charge in [-0.15, -0.1) is 11.3 Å². The molecule has 0 amide bonds. The van der Waals surface area contributed by atoms with Crippen molar-refractivity contribution in [3.05, 3.63) is 52.1 Å². The van der Waals surface area contributed by atoms with Crippen molar-refractivity contribution in [3.63, 3.8) is 0 Å². The largest absolute Gasteiger partial charge is 0.360 e. The van der Waals surface area contributed by atoms with E-state index in [1.807, 2.05) is 29.6 Å². The van der Waals surface area contributed by atoms with Crippen molar-refractivity contribution in [2.75, 3.05) is 0 Å². The minimum absolute atomic E-state index is 0.00523. The number of aromatic amines is 1. The third kappa shape index (κ3) is 3.22. The van der Waals surface area contributed by atoms with Crippen molar-refractivity contribution in [2.45, 2.75) is 19.8 Å². The molecule has 1 aromatic carbocycles. The predicted octanol–water partition coefficient (Wildman–Crippen LogP) is 3.98. The third-order valence-electron chi connectivity index (χ3n) is 3.14. The number of H-pyrrole nitrogens is 1. The first kappa shape index (κ1) is 15.9. The molecule has 0 aliphatic carbocycles. The van der Waals surface area contributed by atoms with E-state index >= 15 is 0 Å². The second-order valence-electron chi connectivity index (χ2n) is 4.81. The van der Waals surface area contributed by atoms with E-state index in [-0.39, 0.29) is 5.78 Å². The molecule has 0 aliphatic heterocycles. The normalized spacial score (nSPS) is 10.5. The van der Waals surface area contributed by atoms with E-state index in [2.05, 4.69) is 43.4 Å².